The van der Waals surface area contributed by atoms with E-state index >= 15 is 0 Å². The number of thiophene rings is 1. The van der Waals surface area contributed by atoms with Gasteiger partial charge >= 0.3 is 5.97 Å². The summed E-state index contributed by atoms with van der Waals surface area (Å²) in [6.45, 7) is 4.58. The van der Waals surface area contributed by atoms with Crippen molar-refractivity contribution in [1.82, 2.24) is 14.4 Å². The van der Waals surface area contributed by atoms with E-state index in [0.717, 1.165) is 11.1 Å². The third kappa shape index (κ3) is 4.92. The first-order chi connectivity index (χ1) is 15.3. The predicted octanol–water partition coefficient (Wildman–Crippen LogP) is 4.07. The Labute approximate surface area is 191 Å². The molecule has 0 atom stereocenters. The SMILES string of the molecule is CC(C)c1ccc(S(=O)(=O)N2CCC(C(=O)OCc3nc(-c4ccsc4)no3)CC2)cc1. The number of esters is 1. The molecule has 32 heavy (non-hydrogen) atoms. The Kier molecular flexibility index (Phi) is 6.73. The van der Waals surface area contributed by atoms with Gasteiger partial charge in [0.2, 0.25) is 15.8 Å². The summed E-state index contributed by atoms with van der Waals surface area (Å²) in [7, 11) is -3.58. The van der Waals surface area contributed by atoms with Gasteiger partial charge in [-0.2, -0.15) is 20.6 Å². The van der Waals surface area contributed by atoms with Crippen molar-refractivity contribution in [2.24, 2.45) is 5.92 Å². The van der Waals surface area contributed by atoms with Crippen LogP contribution in [0.1, 0.15) is 44.1 Å². The van der Waals surface area contributed by atoms with Crippen molar-refractivity contribution >= 4 is 27.3 Å². The first kappa shape index (κ1) is 22.6. The molecule has 0 amide bonds. The first-order valence-electron chi connectivity index (χ1n) is 10.5. The Morgan fingerprint density at radius 1 is 1.22 bits per heavy atom. The molecule has 0 N–H and O–H groups in total. The number of benzene rings is 1. The lowest BCUT2D eigenvalue weighted by Gasteiger charge is -2.30. The van der Waals surface area contributed by atoms with Crippen LogP contribution in [0.3, 0.4) is 0 Å². The van der Waals surface area contributed by atoms with Crippen LogP contribution >= 0.6 is 11.3 Å². The molecule has 0 spiro atoms. The number of aromatic nitrogens is 2. The molecule has 0 bridgehead atoms. The Morgan fingerprint density at radius 3 is 2.56 bits per heavy atom. The smallest absolute Gasteiger partial charge is 0.309 e. The molecule has 3 aromatic rings. The number of piperidine rings is 1. The lowest BCUT2D eigenvalue weighted by Crippen LogP contribution is -2.40. The third-order valence-electron chi connectivity index (χ3n) is 5.56. The zero-order valence-corrected chi connectivity index (χ0v) is 19.6. The maximum absolute atomic E-state index is 12.9. The second-order valence-electron chi connectivity index (χ2n) is 8.03. The minimum atomic E-state index is -3.58. The van der Waals surface area contributed by atoms with Crippen LogP contribution in [0.15, 0.2) is 50.5 Å². The summed E-state index contributed by atoms with van der Waals surface area (Å²) in [6.07, 6.45) is 0.818. The topological polar surface area (TPSA) is 103 Å². The van der Waals surface area contributed by atoms with Crippen molar-refractivity contribution in [2.45, 2.75) is 44.1 Å². The molecule has 3 heterocycles. The predicted molar refractivity (Wildman–Crippen MR) is 119 cm³/mol. The second-order valence-corrected chi connectivity index (χ2v) is 10.8. The van der Waals surface area contributed by atoms with Gasteiger partial charge in [0, 0.05) is 24.0 Å². The van der Waals surface area contributed by atoms with Crippen molar-refractivity contribution in [3.63, 3.8) is 0 Å². The number of ether oxygens (including phenoxy) is 1. The molecule has 1 aromatic carbocycles. The number of sulfonamides is 1. The molecule has 1 fully saturated rings. The summed E-state index contributed by atoms with van der Waals surface area (Å²) in [5, 5.41) is 7.70. The summed E-state index contributed by atoms with van der Waals surface area (Å²) in [5.41, 5.74) is 1.94. The average Bonchev–Trinajstić information content (AvgIpc) is 3.49. The highest BCUT2D eigenvalue weighted by Gasteiger charge is 2.33. The van der Waals surface area contributed by atoms with Crippen LogP contribution in [0.25, 0.3) is 11.4 Å². The molecular formula is C22H25N3O5S2. The Hall–Kier alpha value is -2.56. The Balaban J connectivity index is 1.29. The molecular weight excluding hydrogens is 450 g/mol. The molecule has 10 heteroatoms. The fourth-order valence-electron chi connectivity index (χ4n) is 3.58. The number of nitrogens with zero attached hydrogens (tertiary/aromatic N) is 3. The quantitative estimate of drug-likeness (QED) is 0.475. The molecule has 0 unspecified atom stereocenters. The first-order valence-corrected chi connectivity index (χ1v) is 12.8. The molecule has 1 aliphatic heterocycles. The van der Waals surface area contributed by atoms with Gasteiger partial charge in [-0.25, -0.2) is 8.42 Å². The summed E-state index contributed by atoms with van der Waals surface area (Å²) >= 11 is 1.53. The maximum Gasteiger partial charge on any atom is 0.309 e. The standard InChI is InChI=1S/C22H25N3O5S2/c1-15(2)16-3-5-19(6-4-16)32(27,28)25-10-7-17(8-11-25)22(26)29-13-20-23-21(24-30-20)18-9-12-31-14-18/h3-6,9,12,14-15,17H,7-8,10-11,13H2,1-2H3. The van der Waals surface area contributed by atoms with Gasteiger partial charge in [0.1, 0.15) is 0 Å². The zero-order valence-electron chi connectivity index (χ0n) is 17.9. The molecule has 170 valence electrons. The van der Waals surface area contributed by atoms with Crippen molar-refractivity contribution in [3.8, 4) is 11.4 Å². The van der Waals surface area contributed by atoms with E-state index in [0.29, 0.717) is 24.6 Å². The molecule has 0 saturated carbocycles. The lowest BCUT2D eigenvalue weighted by molar-refractivity contribution is -0.152. The van der Waals surface area contributed by atoms with Gasteiger partial charge in [0.05, 0.1) is 10.8 Å². The van der Waals surface area contributed by atoms with E-state index < -0.39 is 10.0 Å². The third-order valence-corrected chi connectivity index (χ3v) is 8.15. The van der Waals surface area contributed by atoms with Crippen molar-refractivity contribution in [1.29, 1.82) is 0 Å². The fourth-order valence-corrected chi connectivity index (χ4v) is 5.68. The highest BCUT2D eigenvalue weighted by Crippen LogP contribution is 2.26. The van der Waals surface area contributed by atoms with E-state index in [1.807, 2.05) is 29.0 Å². The normalized spacial score (nSPS) is 15.8. The largest absolute Gasteiger partial charge is 0.455 e. The van der Waals surface area contributed by atoms with Gasteiger partial charge < -0.3 is 9.26 Å². The average molecular weight is 476 g/mol. The number of hydrogen-bond donors (Lipinski definition) is 0. The monoisotopic (exact) mass is 475 g/mol. The van der Waals surface area contributed by atoms with Gasteiger partial charge in [-0.1, -0.05) is 31.1 Å². The van der Waals surface area contributed by atoms with Crippen molar-refractivity contribution < 1.29 is 22.5 Å². The van der Waals surface area contributed by atoms with Crippen LogP contribution in [0.2, 0.25) is 0 Å². The Bertz CT molecular complexity index is 1150. The highest BCUT2D eigenvalue weighted by molar-refractivity contribution is 7.89. The van der Waals surface area contributed by atoms with Crippen molar-refractivity contribution in [3.05, 3.63) is 52.5 Å². The van der Waals surface area contributed by atoms with E-state index in [1.54, 1.807) is 12.1 Å². The molecule has 2 aromatic heterocycles. The van der Waals surface area contributed by atoms with E-state index in [1.165, 1.54) is 15.6 Å². The molecule has 0 aliphatic carbocycles. The van der Waals surface area contributed by atoms with Gasteiger partial charge in [-0.15, -0.1) is 0 Å². The van der Waals surface area contributed by atoms with Gasteiger partial charge in [-0.05, 0) is 47.9 Å². The number of carbonyl (C=O) groups excluding carboxylic acids is 1. The van der Waals surface area contributed by atoms with Crippen LogP contribution in [0.5, 0.6) is 0 Å². The molecule has 1 saturated heterocycles. The minimum Gasteiger partial charge on any atom is -0.455 e. The number of rotatable bonds is 7. The molecule has 0 radical (unpaired) electrons. The van der Waals surface area contributed by atoms with Gasteiger partial charge in [0.15, 0.2) is 6.61 Å². The van der Waals surface area contributed by atoms with Crippen molar-refractivity contribution in [2.75, 3.05) is 13.1 Å². The minimum absolute atomic E-state index is 0.101. The zero-order chi connectivity index (χ0) is 22.7. The Morgan fingerprint density at radius 2 is 1.94 bits per heavy atom. The van der Waals surface area contributed by atoms with Gasteiger partial charge in [-0.3, -0.25) is 4.79 Å². The van der Waals surface area contributed by atoms with Crippen LogP contribution in [-0.2, 0) is 26.2 Å². The van der Waals surface area contributed by atoms with E-state index in [2.05, 4.69) is 24.0 Å². The molecule has 4 rings (SSSR count). The van der Waals surface area contributed by atoms with E-state index in [-0.39, 0.29) is 42.4 Å². The number of hydrogen-bond acceptors (Lipinski definition) is 8. The van der Waals surface area contributed by atoms with Crippen LogP contribution < -0.4 is 0 Å². The summed E-state index contributed by atoms with van der Waals surface area (Å²) in [6, 6.07) is 8.89. The molecule has 1 aliphatic rings. The summed E-state index contributed by atoms with van der Waals surface area (Å²) < 4.78 is 37.8. The van der Waals surface area contributed by atoms with Crippen LogP contribution in [-0.4, -0.2) is 41.9 Å². The van der Waals surface area contributed by atoms with E-state index in [4.69, 9.17) is 9.26 Å². The van der Waals surface area contributed by atoms with E-state index in [9.17, 15) is 13.2 Å². The molecule has 8 nitrogen and oxygen atoms in total. The summed E-state index contributed by atoms with van der Waals surface area (Å²) in [4.78, 5) is 17.0. The van der Waals surface area contributed by atoms with Crippen LogP contribution in [0, 0.1) is 5.92 Å². The maximum atomic E-state index is 12.9. The number of carbonyl (C=O) groups is 1. The highest BCUT2D eigenvalue weighted by atomic mass is 32.2. The second kappa shape index (κ2) is 9.51. The fraction of sp³-hybridized carbons (Fsp3) is 0.409. The summed E-state index contributed by atoms with van der Waals surface area (Å²) in [5.74, 6) is 0.284. The van der Waals surface area contributed by atoms with Gasteiger partial charge in [0.25, 0.3) is 5.89 Å². The van der Waals surface area contributed by atoms with Crippen LogP contribution in [0.4, 0.5) is 0 Å². The lowest BCUT2D eigenvalue weighted by atomic mass is 9.98.